The van der Waals surface area contributed by atoms with Crippen LogP contribution < -0.4 is 4.74 Å². The molecule has 3 rings (SSSR count). The zero-order valence-electron chi connectivity index (χ0n) is 16.5. The van der Waals surface area contributed by atoms with Crippen molar-refractivity contribution >= 4 is 27.6 Å². The number of amides is 1. The summed E-state index contributed by atoms with van der Waals surface area (Å²) in [5, 5.41) is 4.26. The average Bonchev–Trinajstić information content (AvgIpc) is 3.33. The first-order valence-corrected chi connectivity index (χ1v) is 9.96. The number of aromatic nitrogens is 2. The van der Waals surface area contributed by atoms with Gasteiger partial charge in [-0.2, -0.15) is 5.10 Å². The molecule has 0 aliphatic rings. The average molecular weight is 460 g/mol. The van der Waals surface area contributed by atoms with Gasteiger partial charge in [-0.3, -0.25) is 14.3 Å². The van der Waals surface area contributed by atoms with Crippen molar-refractivity contribution in [2.75, 3.05) is 7.05 Å². The van der Waals surface area contributed by atoms with E-state index in [1.807, 2.05) is 11.6 Å². The molecule has 152 valence electrons. The van der Waals surface area contributed by atoms with Crippen LogP contribution in [0.4, 0.5) is 0 Å². The second-order valence-electron chi connectivity index (χ2n) is 6.55. The number of furan rings is 1. The Morgan fingerprint density at radius 2 is 1.93 bits per heavy atom. The highest BCUT2D eigenvalue weighted by atomic mass is 79.9. The number of carbonyl (C=O) groups is 2. The van der Waals surface area contributed by atoms with Gasteiger partial charge in [-0.1, -0.05) is 0 Å². The molecule has 7 nitrogen and oxygen atoms in total. The quantitative estimate of drug-likeness (QED) is 0.468. The van der Waals surface area contributed by atoms with E-state index in [0.717, 1.165) is 16.7 Å². The van der Waals surface area contributed by atoms with Crippen molar-refractivity contribution in [3.05, 3.63) is 69.8 Å². The molecule has 0 saturated carbocycles. The number of carbonyl (C=O) groups excluding carboxylic acids is 2. The lowest BCUT2D eigenvalue weighted by molar-refractivity contribution is 0.0745. The molecular formula is C21H22BrN3O4. The first kappa shape index (κ1) is 20.9. The monoisotopic (exact) mass is 459 g/mol. The molecule has 0 aliphatic heterocycles. The van der Waals surface area contributed by atoms with Crippen molar-refractivity contribution < 1.29 is 18.7 Å². The molecule has 2 aromatic heterocycles. The Kier molecular flexibility index (Phi) is 6.53. The van der Waals surface area contributed by atoms with Crippen LogP contribution in [0, 0.1) is 0 Å². The van der Waals surface area contributed by atoms with Crippen molar-refractivity contribution in [3.63, 3.8) is 0 Å². The van der Waals surface area contributed by atoms with Crippen LogP contribution in [-0.2, 0) is 19.7 Å². The summed E-state index contributed by atoms with van der Waals surface area (Å²) >= 11 is 3.47. The molecule has 1 aromatic carbocycles. The number of ketones is 1. The minimum Gasteiger partial charge on any atom is -0.486 e. The smallest absolute Gasteiger partial charge is 0.289 e. The van der Waals surface area contributed by atoms with Gasteiger partial charge in [0.1, 0.15) is 18.1 Å². The van der Waals surface area contributed by atoms with Crippen LogP contribution in [0.1, 0.15) is 46.2 Å². The third kappa shape index (κ3) is 4.95. The highest BCUT2D eigenvalue weighted by Gasteiger charge is 2.19. The number of ether oxygens (including phenoxy) is 1. The second-order valence-corrected chi connectivity index (χ2v) is 7.41. The Morgan fingerprint density at radius 1 is 1.21 bits per heavy atom. The fourth-order valence-electron chi connectivity index (χ4n) is 2.81. The molecule has 0 N–H and O–H groups in total. The number of nitrogens with zero attached hydrogens (tertiary/aromatic N) is 3. The number of benzene rings is 1. The van der Waals surface area contributed by atoms with E-state index in [1.54, 1.807) is 54.5 Å². The van der Waals surface area contributed by atoms with E-state index < -0.39 is 0 Å². The Hall–Kier alpha value is -2.87. The first-order valence-electron chi connectivity index (χ1n) is 9.17. The van der Waals surface area contributed by atoms with E-state index in [2.05, 4.69) is 21.0 Å². The summed E-state index contributed by atoms with van der Waals surface area (Å²) in [5.74, 6) is 1.18. The Balaban J connectivity index is 1.60. The molecule has 0 fully saturated rings. The van der Waals surface area contributed by atoms with Crippen LogP contribution in [0.15, 0.2) is 51.5 Å². The summed E-state index contributed by atoms with van der Waals surface area (Å²) in [4.78, 5) is 25.6. The molecular weight excluding hydrogens is 438 g/mol. The Labute approximate surface area is 177 Å². The third-order valence-corrected chi connectivity index (χ3v) is 5.11. The third-order valence-electron chi connectivity index (χ3n) is 4.45. The number of rotatable bonds is 8. The van der Waals surface area contributed by atoms with Crippen LogP contribution in [0.5, 0.6) is 5.75 Å². The van der Waals surface area contributed by atoms with E-state index in [9.17, 15) is 9.59 Å². The molecule has 2 heterocycles. The molecule has 0 spiro atoms. The molecule has 0 bridgehead atoms. The maximum atomic E-state index is 12.7. The van der Waals surface area contributed by atoms with Gasteiger partial charge in [0.25, 0.3) is 5.91 Å². The molecule has 1 amide bonds. The van der Waals surface area contributed by atoms with Crippen LogP contribution in [0.3, 0.4) is 0 Å². The SMILES string of the molecule is CCn1ncc(Br)c1CN(C)C(=O)c1ccc(COc2ccc(C(C)=O)cc2)o1. The normalized spacial score (nSPS) is 10.8. The number of aryl methyl sites for hydroxylation is 1. The van der Waals surface area contributed by atoms with Gasteiger partial charge in [0.15, 0.2) is 11.5 Å². The molecule has 8 heteroatoms. The van der Waals surface area contributed by atoms with Crippen molar-refractivity contribution in [1.29, 1.82) is 0 Å². The zero-order valence-corrected chi connectivity index (χ0v) is 18.1. The van der Waals surface area contributed by atoms with Crippen LogP contribution in [-0.4, -0.2) is 33.4 Å². The van der Waals surface area contributed by atoms with Crippen molar-refractivity contribution in [3.8, 4) is 5.75 Å². The van der Waals surface area contributed by atoms with E-state index >= 15 is 0 Å². The van der Waals surface area contributed by atoms with Gasteiger partial charge in [0, 0.05) is 19.2 Å². The maximum absolute atomic E-state index is 12.7. The first-order chi connectivity index (χ1) is 13.9. The molecule has 0 saturated heterocycles. The fraction of sp³-hybridized carbons (Fsp3) is 0.286. The summed E-state index contributed by atoms with van der Waals surface area (Å²) in [5.41, 5.74) is 1.55. The summed E-state index contributed by atoms with van der Waals surface area (Å²) in [7, 11) is 1.72. The largest absolute Gasteiger partial charge is 0.486 e. The predicted octanol–water partition coefficient (Wildman–Crippen LogP) is 4.31. The summed E-state index contributed by atoms with van der Waals surface area (Å²) < 4.78 is 14.0. The number of halogens is 1. The van der Waals surface area contributed by atoms with E-state index in [4.69, 9.17) is 9.15 Å². The Morgan fingerprint density at radius 3 is 2.59 bits per heavy atom. The lowest BCUT2D eigenvalue weighted by Crippen LogP contribution is -2.27. The van der Waals surface area contributed by atoms with Gasteiger partial charge < -0.3 is 14.1 Å². The lowest BCUT2D eigenvalue weighted by Gasteiger charge is -2.17. The number of hydrogen-bond donors (Lipinski definition) is 0. The molecule has 0 atom stereocenters. The van der Waals surface area contributed by atoms with Gasteiger partial charge in [0.05, 0.1) is 22.9 Å². The lowest BCUT2D eigenvalue weighted by atomic mass is 10.1. The van der Waals surface area contributed by atoms with Crippen LogP contribution >= 0.6 is 15.9 Å². The minimum absolute atomic E-state index is 0.00359. The molecule has 0 unspecified atom stereocenters. The minimum atomic E-state index is -0.224. The van der Waals surface area contributed by atoms with Gasteiger partial charge in [0.2, 0.25) is 0 Å². The molecule has 3 aromatic rings. The Bertz CT molecular complexity index is 1010. The van der Waals surface area contributed by atoms with E-state index in [-0.39, 0.29) is 24.1 Å². The number of hydrogen-bond acceptors (Lipinski definition) is 5. The van der Waals surface area contributed by atoms with Gasteiger partial charge in [-0.05, 0) is 66.2 Å². The van der Waals surface area contributed by atoms with Gasteiger partial charge in [-0.15, -0.1) is 0 Å². The van der Waals surface area contributed by atoms with Crippen molar-refractivity contribution in [2.45, 2.75) is 33.5 Å². The van der Waals surface area contributed by atoms with Crippen LogP contribution in [0.25, 0.3) is 0 Å². The second kappa shape index (κ2) is 9.09. The van der Waals surface area contributed by atoms with Crippen molar-refractivity contribution in [2.24, 2.45) is 0 Å². The fourth-order valence-corrected chi connectivity index (χ4v) is 3.23. The summed E-state index contributed by atoms with van der Waals surface area (Å²) in [6.45, 7) is 4.83. The van der Waals surface area contributed by atoms with Gasteiger partial charge >= 0.3 is 0 Å². The topological polar surface area (TPSA) is 77.6 Å². The van der Waals surface area contributed by atoms with E-state index in [0.29, 0.717) is 23.6 Å². The summed E-state index contributed by atoms with van der Waals surface area (Å²) in [6.07, 6.45) is 1.72. The zero-order chi connectivity index (χ0) is 21.0. The van der Waals surface area contributed by atoms with E-state index in [1.165, 1.54) is 6.92 Å². The van der Waals surface area contributed by atoms with Gasteiger partial charge in [-0.25, -0.2) is 0 Å². The molecule has 0 radical (unpaired) electrons. The summed E-state index contributed by atoms with van der Waals surface area (Å²) in [6, 6.07) is 10.2. The maximum Gasteiger partial charge on any atom is 0.289 e. The highest BCUT2D eigenvalue weighted by molar-refractivity contribution is 9.10. The molecule has 29 heavy (non-hydrogen) atoms. The standard InChI is InChI=1S/C21H22BrN3O4/c1-4-25-19(18(22)11-23-25)12-24(3)21(27)20-10-9-17(29-20)13-28-16-7-5-15(6-8-16)14(2)26/h5-11H,4,12-13H2,1-3H3. The highest BCUT2D eigenvalue weighted by Crippen LogP contribution is 2.20. The van der Waals surface area contributed by atoms with Crippen molar-refractivity contribution in [1.82, 2.24) is 14.7 Å². The number of Topliss-reactive ketones (excluding diaryl/α,β-unsaturated/α-hetero) is 1. The molecule has 0 aliphatic carbocycles. The van der Waals surface area contributed by atoms with Crippen LogP contribution in [0.2, 0.25) is 0 Å². The predicted molar refractivity (Wildman–Crippen MR) is 111 cm³/mol.